The van der Waals surface area contributed by atoms with Crippen LogP contribution in [-0.2, 0) is 9.59 Å². The van der Waals surface area contributed by atoms with Crippen molar-refractivity contribution in [2.24, 2.45) is 0 Å². The Morgan fingerprint density at radius 1 is 1.32 bits per heavy atom. The van der Waals surface area contributed by atoms with Crippen molar-refractivity contribution in [2.75, 3.05) is 25.0 Å². The van der Waals surface area contributed by atoms with Crippen LogP contribution in [-0.4, -0.2) is 55.0 Å². The number of halogens is 3. The zero-order chi connectivity index (χ0) is 19.6. The lowest BCUT2D eigenvalue weighted by molar-refractivity contribution is -0.132. The van der Waals surface area contributed by atoms with Crippen molar-refractivity contribution in [2.45, 2.75) is 37.8 Å². The van der Waals surface area contributed by atoms with Gasteiger partial charge in [-0.1, -0.05) is 0 Å². The van der Waals surface area contributed by atoms with E-state index < -0.39 is 29.6 Å². The second-order valence-electron chi connectivity index (χ2n) is 6.78. The molecule has 1 aromatic carbocycles. The number of rotatable bonds is 5. The molecule has 0 spiro atoms. The summed E-state index contributed by atoms with van der Waals surface area (Å²) in [4.78, 5) is 39.4. The van der Waals surface area contributed by atoms with E-state index >= 15 is 0 Å². The molecule has 0 bridgehead atoms. The molecule has 0 radical (unpaired) electrons. The van der Waals surface area contributed by atoms with Crippen LogP contribution in [0.1, 0.15) is 25.7 Å². The van der Waals surface area contributed by atoms with Gasteiger partial charge in [0.05, 0.1) is 5.69 Å². The Bertz CT molecular complexity index is 764. The molecule has 2 unspecified atom stereocenters. The lowest BCUT2D eigenvalue weighted by Gasteiger charge is -2.32. The van der Waals surface area contributed by atoms with Crippen molar-refractivity contribution in [3.8, 4) is 0 Å². The van der Waals surface area contributed by atoms with Crippen LogP contribution in [0.2, 0.25) is 0 Å². The number of likely N-dealkylation sites (N-methyl/N-ethyl adjacent to an activating group) is 1. The molecule has 10 heteroatoms. The number of benzene rings is 1. The lowest BCUT2D eigenvalue weighted by atomic mass is 10.0. The molecule has 28 heavy (non-hydrogen) atoms. The van der Waals surface area contributed by atoms with Crippen LogP contribution in [0.25, 0.3) is 0 Å². The van der Waals surface area contributed by atoms with Gasteiger partial charge in [0, 0.05) is 31.6 Å². The van der Waals surface area contributed by atoms with Crippen LogP contribution < -0.4 is 15.5 Å². The van der Waals surface area contributed by atoms with Gasteiger partial charge in [-0.3, -0.25) is 9.59 Å². The Hall–Kier alpha value is -2.26. The van der Waals surface area contributed by atoms with E-state index in [1.807, 2.05) is 7.05 Å². The minimum Gasteiger partial charge on any atom is -0.341 e. The number of nitrogens with one attached hydrogen (secondary N) is 2. The molecule has 0 aromatic heterocycles. The van der Waals surface area contributed by atoms with E-state index in [2.05, 4.69) is 10.6 Å². The van der Waals surface area contributed by atoms with Gasteiger partial charge in [0.25, 0.3) is 5.91 Å². The first-order chi connectivity index (χ1) is 12.9. The van der Waals surface area contributed by atoms with Crippen LogP contribution in [0.4, 0.5) is 19.3 Å². The molecular weight excluding hydrogens is 394 g/mol. The van der Waals surface area contributed by atoms with Gasteiger partial charge < -0.3 is 15.5 Å². The molecule has 2 fully saturated rings. The van der Waals surface area contributed by atoms with Crippen molar-refractivity contribution >= 4 is 35.9 Å². The number of amides is 4. The summed E-state index contributed by atoms with van der Waals surface area (Å²) in [6, 6.07) is 1.20. The van der Waals surface area contributed by atoms with E-state index in [9.17, 15) is 23.2 Å². The number of carbonyl (C=O) groups excluding carboxylic acids is 3. The smallest absolute Gasteiger partial charge is 0.329 e. The third kappa shape index (κ3) is 4.59. The summed E-state index contributed by atoms with van der Waals surface area (Å²) in [5, 5.41) is 5.62. The Balaban J connectivity index is 0.00000280. The summed E-state index contributed by atoms with van der Waals surface area (Å²) in [5.74, 6) is -2.53. The Labute approximate surface area is 167 Å². The van der Waals surface area contributed by atoms with Crippen LogP contribution in [0, 0.1) is 11.6 Å². The first-order valence-corrected chi connectivity index (χ1v) is 8.95. The van der Waals surface area contributed by atoms with E-state index in [4.69, 9.17) is 0 Å². The first kappa shape index (κ1) is 22.0. The largest absolute Gasteiger partial charge is 0.341 e. The summed E-state index contributed by atoms with van der Waals surface area (Å²) in [5.41, 5.74) is -0.305. The van der Waals surface area contributed by atoms with Gasteiger partial charge in [-0.25, -0.2) is 18.5 Å². The first-order valence-electron chi connectivity index (χ1n) is 8.95. The Morgan fingerprint density at radius 3 is 2.75 bits per heavy atom. The molecule has 7 nitrogen and oxygen atoms in total. The summed E-state index contributed by atoms with van der Waals surface area (Å²) >= 11 is 0. The Morgan fingerprint density at radius 2 is 2.07 bits per heavy atom. The monoisotopic (exact) mass is 416 g/mol. The fourth-order valence-corrected chi connectivity index (χ4v) is 3.48. The number of anilines is 1. The highest BCUT2D eigenvalue weighted by Crippen LogP contribution is 2.25. The molecule has 2 N–H and O–H groups in total. The minimum atomic E-state index is -0.998. The Kier molecular flexibility index (Phi) is 7.31. The SMILES string of the molecule is CNC1CCCN(C(=O)CCC2NC(=O)N(c3ccc(F)cc3F)C2=O)C1.Cl. The summed E-state index contributed by atoms with van der Waals surface area (Å²) in [6.07, 6.45) is 2.15. The number of hydrogen-bond acceptors (Lipinski definition) is 4. The second kappa shape index (κ2) is 9.29. The van der Waals surface area contributed by atoms with Gasteiger partial charge in [0.1, 0.15) is 17.7 Å². The van der Waals surface area contributed by atoms with Gasteiger partial charge in [-0.05, 0) is 38.4 Å². The molecule has 1 aromatic rings. The van der Waals surface area contributed by atoms with Crippen LogP contribution in [0.3, 0.4) is 0 Å². The van der Waals surface area contributed by atoms with Gasteiger partial charge in [-0.15, -0.1) is 12.4 Å². The highest BCUT2D eigenvalue weighted by molar-refractivity contribution is 6.21. The van der Waals surface area contributed by atoms with E-state index in [0.717, 1.165) is 25.0 Å². The van der Waals surface area contributed by atoms with Gasteiger partial charge >= 0.3 is 6.03 Å². The van der Waals surface area contributed by atoms with Crippen molar-refractivity contribution in [1.29, 1.82) is 0 Å². The molecule has 2 atom stereocenters. The summed E-state index contributed by atoms with van der Waals surface area (Å²) < 4.78 is 27.0. The average Bonchev–Trinajstić information content (AvgIpc) is 2.93. The molecule has 2 aliphatic rings. The number of nitrogens with zero attached hydrogens (tertiary/aromatic N) is 2. The normalized spacial score (nSPS) is 22.1. The summed E-state index contributed by atoms with van der Waals surface area (Å²) in [6.45, 7) is 1.29. The van der Waals surface area contributed by atoms with Crippen molar-refractivity contribution in [3.63, 3.8) is 0 Å². The fraction of sp³-hybridized carbons (Fsp3) is 0.500. The van der Waals surface area contributed by atoms with E-state index in [0.29, 0.717) is 24.1 Å². The standard InChI is InChI=1S/C18H22F2N4O3.ClH/c1-21-12-3-2-8-23(10-12)16(25)7-5-14-17(26)24(18(27)22-14)15-6-4-11(19)9-13(15)20;/h4,6,9,12,14,21H,2-3,5,7-8,10H2,1H3,(H,22,27);1H. The quantitative estimate of drug-likeness (QED) is 0.717. The molecule has 2 aliphatic heterocycles. The topological polar surface area (TPSA) is 81.8 Å². The number of imide groups is 1. The number of likely N-dealkylation sites (tertiary alicyclic amines) is 1. The number of urea groups is 1. The third-order valence-electron chi connectivity index (χ3n) is 5.00. The predicted molar refractivity (Wildman–Crippen MR) is 101 cm³/mol. The zero-order valence-electron chi connectivity index (χ0n) is 15.4. The maximum absolute atomic E-state index is 13.9. The average molecular weight is 417 g/mol. The molecule has 3 rings (SSSR count). The molecule has 154 valence electrons. The van der Waals surface area contributed by atoms with Gasteiger partial charge in [0.15, 0.2) is 0 Å². The van der Waals surface area contributed by atoms with Gasteiger partial charge in [0.2, 0.25) is 5.91 Å². The number of carbonyl (C=O) groups is 3. The second-order valence-corrected chi connectivity index (χ2v) is 6.78. The number of hydrogen-bond donors (Lipinski definition) is 2. The van der Waals surface area contributed by atoms with E-state index in [1.165, 1.54) is 0 Å². The van der Waals surface area contributed by atoms with E-state index in [1.54, 1.807) is 4.90 Å². The lowest BCUT2D eigenvalue weighted by Crippen LogP contribution is -2.47. The van der Waals surface area contributed by atoms with Crippen LogP contribution in [0.5, 0.6) is 0 Å². The maximum atomic E-state index is 13.9. The highest BCUT2D eigenvalue weighted by atomic mass is 35.5. The van der Waals surface area contributed by atoms with Crippen molar-refractivity contribution in [1.82, 2.24) is 15.5 Å². The molecule has 0 aliphatic carbocycles. The predicted octanol–water partition coefficient (Wildman–Crippen LogP) is 1.80. The van der Waals surface area contributed by atoms with Crippen LogP contribution in [0.15, 0.2) is 18.2 Å². The summed E-state index contributed by atoms with van der Waals surface area (Å²) in [7, 11) is 1.86. The van der Waals surface area contributed by atoms with Gasteiger partial charge in [-0.2, -0.15) is 0 Å². The van der Waals surface area contributed by atoms with Crippen LogP contribution >= 0.6 is 12.4 Å². The molecule has 4 amide bonds. The van der Waals surface area contributed by atoms with Crippen molar-refractivity contribution < 1.29 is 23.2 Å². The van der Waals surface area contributed by atoms with E-state index in [-0.39, 0.29) is 42.9 Å². The molecule has 2 saturated heterocycles. The minimum absolute atomic E-state index is 0. The molecule has 2 heterocycles. The molecular formula is C18H23ClF2N4O3. The zero-order valence-corrected chi connectivity index (χ0v) is 16.2. The van der Waals surface area contributed by atoms with Crippen molar-refractivity contribution in [3.05, 3.63) is 29.8 Å². The molecule has 0 saturated carbocycles. The fourth-order valence-electron chi connectivity index (χ4n) is 3.48. The maximum Gasteiger partial charge on any atom is 0.329 e. The number of piperidine rings is 1. The third-order valence-corrected chi connectivity index (χ3v) is 5.00. The highest BCUT2D eigenvalue weighted by Gasteiger charge is 2.40.